The molecule has 0 aromatic carbocycles. The monoisotopic (exact) mass is 234 g/mol. The second-order valence-electron chi connectivity index (χ2n) is 3.79. The number of hydrogen-bond donors (Lipinski definition) is 2. The molecule has 0 saturated carbocycles. The molecule has 0 spiro atoms. The van der Waals surface area contributed by atoms with Crippen LogP contribution in [0.15, 0.2) is 18.6 Å². The number of nitrogens with zero attached hydrogens (tertiary/aromatic N) is 2. The van der Waals surface area contributed by atoms with Gasteiger partial charge >= 0.3 is 0 Å². The van der Waals surface area contributed by atoms with Gasteiger partial charge in [-0.3, -0.25) is 4.79 Å². The standard InChI is InChI=1S/C11H14N4O2/c1-7(6-17-2)15-11(16)8-5-14-10-9(8)12-3-4-13-10/h3-5,7,12H,6H2,1-2H3,(H,15,16)/t7-/m0/s1. The SMILES string of the molecule is COC[C@H](C)NC(=O)c1cnc2ncc[nH]c1-2. The van der Waals surface area contributed by atoms with Crippen LogP contribution in [0.5, 0.6) is 0 Å². The van der Waals surface area contributed by atoms with Gasteiger partial charge < -0.3 is 15.0 Å². The summed E-state index contributed by atoms with van der Waals surface area (Å²) in [6, 6.07) is -0.0471. The molecular weight excluding hydrogens is 220 g/mol. The highest BCUT2D eigenvalue weighted by atomic mass is 16.5. The summed E-state index contributed by atoms with van der Waals surface area (Å²) >= 11 is 0. The summed E-state index contributed by atoms with van der Waals surface area (Å²) in [6.45, 7) is 2.35. The summed E-state index contributed by atoms with van der Waals surface area (Å²) in [5.74, 6) is 0.360. The minimum absolute atomic E-state index is 0.0471. The Morgan fingerprint density at radius 3 is 3.18 bits per heavy atom. The number of ether oxygens (including phenoxy) is 1. The molecule has 6 nitrogen and oxygen atoms in total. The molecule has 17 heavy (non-hydrogen) atoms. The largest absolute Gasteiger partial charge is 0.383 e. The lowest BCUT2D eigenvalue weighted by molar-refractivity contribution is 0.0906. The summed E-state index contributed by atoms with van der Waals surface area (Å²) < 4.78 is 4.96. The van der Waals surface area contributed by atoms with E-state index in [1.54, 1.807) is 19.5 Å². The van der Waals surface area contributed by atoms with E-state index in [2.05, 4.69) is 20.3 Å². The minimum Gasteiger partial charge on any atom is -0.383 e. The van der Waals surface area contributed by atoms with Crippen molar-refractivity contribution in [3.05, 3.63) is 24.2 Å². The first-order valence-corrected chi connectivity index (χ1v) is 5.30. The van der Waals surface area contributed by atoms with Crippen LogP contribution in [0, 0.1) is 0 Å². The summed E-state index contributed by atoms with van der Waals surface area (Å²) in [5, 5.41) is 2.82. The van der Waals surface area contributed by atoms with Gasteiger partial charge in [0.25, 0.3) is 5.91 Å². The first-order valence-electron chi connectivity index (χ1n) is 5.30. The van der Waals surface area contributed by atoms with Crippen molar-refractivity contribution >= 4 is 5.91 Å². The lowest BCUT2D eigenvalue weighted by atomic mass is 10.2. The molecule has 0 unspecified atom stereocenters. The van der Waals surface area contributed by atoms with Crippen molar-refractivity contribution in [2.24, 2.45) is 0 Å². The summed E-state index contributed by atoms with van der Waals surface area (Å²) in [5.41, 5.74) is 1.14. The highest BCUT2D eigenvalue weighted by molar-refractivity contribution is 5.99. The van der Waals surface area contributed by atoms with Crippen LogP contribution in [-0.2, 0) is 4.74 Å². The van der Waals surface area contributed by atoms with Crippen molar-refractivity contribution in [2.45, 2.75) is 13.0 Å². The molecule has 0 aromatic rings. The van der Waals surface area contributed by atoms with Gasteiger partial charge in [-0.15, -0.1) is 0 Å². The van der Waals surface area contributed by atoms with E-state index >= 15 is 0 Å². The Hall–Kier alpha value is -1.95. The normalized spacial score (nSPS) is 12.6. The predicted molar refractivity (Wildman–Crippen MR) is 61.8 cm³/mol. The number of carbonyl (C=O) groups is 1. The van der Waals surface area contributed by atoms with E-state index in [9.17, 15) is 4.79 Å². The molecule has 2 rings (SSSR count). The van der Waals surface area contributed by atoms with E-state index in [1.807, 2.05) is 6.92 Å². The number of rotatable bonds is 4. The van der Waals surface area contributed by atoms with Crippen LogP contribution < -0.4 is 5.32 Å². The van der Waals surface area contributed by atoms with E-state index in [1.165, 1.54) is 6.20 Å². The summed E-state index contributed by atoms with van der Waals surface area (Å²) in [6.07, 6.45) is 4.78. The zero-order valence-corrected chi connectivity index (χ0v) is 9.73. The topological polar surface area (TPSA) is 79.9 Å². The summed E-state index contributed by atoms with van der Waals surface area (Å²) in [4.78, 5) is 23.0. The maximum Gasteiger partial charge on any atom is 0.255 e. The molecule has 0 fully saturated rings. The number of amides is 1. The van der Waals surface area contributed by atoms with Gasteiger partial charge in [-0.2, -0.15) is 0 Å². The molecular formula is C11H14N4O2. The molecule has 1 amide bonds. The molecule has 0 bridgehead atoms. The van der Waals surface area contributed by atoms with Crippen molar-refractivity contribution in [1.29, 1.82) is 0 Å². The number of aromatic amines is 1. The molecule has 0 saturated heterocycles. The molecule has 0 radical (unpaired) electrons. The molecule has 0 aromatic heterocycles. The van der Waals surface area contributed by atoms with Gasteiger partial charge in [0.1, 0.15) is 0 Å². The average molecular weight is 234 g/mol. The quantitative estimate of drug-likeness (QED) is 0.815. The van der Waals surface area contributed by atoms with Gasteiger partial charge in [-0.25, -0.2) is 9.97 Å². The van der Waals surface area contributed by atoms with Crippen LogP contribution in [0.4, 0.5) is 0 Å². The lowest BCUT2D eigenvalue weighted by Gasteiger charge is -2.12. The Morgan fingerprint density at radius 1 is 1.59 bits per heavy atom. The molecule has 1 atom stereocenters. The zero-order chi connectivity index (χ0) is 12.3. The summed E-state index contributed by atoms with van der Waals surface area (Å²) in [7, 11) is 1.60. The molecule has 6 heteroatoms. The third kappa shape index (κ3) is 2.42. The van der Waals surface area contributed by atoms with E-state index in [0.717, 1.165) is 0 Å². The number of carbonyl (C=O) groups excluding carboxylic acids is 1. The highest BCUT2D eigenvalue weighted by Gasteiger charge is 2.19. The molecule has 2 N–H and O–H groups in total. The number of fused-ring (bicyclic) bond motifs is 1. The Labute approximate surface area is 98.8 Å². The molecule has 90 valence electrons. The fourth-order valence-corrected chi connectivity index (χ4v) is 1.61. The Kier molecular flexibility index (Phi) is 3.34. The molecule has 2 heterocycles. The number of H-pyrrole nitrogens is 1. The highest BCUT2D eigenvalue weighted by Crippen LogP contribution is 2.19. The molecule has 0 aliphatic carbocycles. The average Bonchev–Trinajstić information content (AvgIpc) is 2.72. The van der Waals surface area contributed by atoms with Gasteiger partial charge in [-0.05, 0) is 6.92 Å². The lowest BCUT2D eigenvalue weighted by Crippen LogP contribution is -2.35. The first kappa shape index (κ1) is 11.5. The molecule has 2 aliphatic rings. The smallest absolute Gasteiger partial charge is 0.255 e. The number of hydrogen-bond acceptors (Lipinski definition) is 4. The maximum absolute atomic E-state index is 12.0. The van der Waals surface area contributed by atoms with Crippen molar-refractivity contribution in [3.8, 4) is 11.5 Å². The van der Waals surface area contributed by atoms with Gasteiger partial charge in [0.2, 0.25) is 0 Å². The predicted octanol–water partition coefficient (Wildman–Crippen LogP) is 0.674. The number of aromatic nitrogens is 3. The second kappa shape index (κ2) is 4.92. The minimum atomic E-state index is -0.179. The van der Waals surface area contributed by atoms with Crippen LogP contribution in [0.3, 0.4) is 0 Å². The zero-order valence-electron chi connectivity index (χ0n) is 9.73. The van der Waals surface area contributed by atoms with E-state index in [0.29, 0.717) is 23.7 Å². The van der Waals surface area contributed by atoms with E-state index < -0.39 is 0 Å². The van der Waals surface area contributed by atoms with Crippen LogP contribution in [0.1, 0.15) is 17.3 Å². The third-order valence-corrected chi connectivity index (χ3v) is 2.35. The van der Waals surface area contributed by atoms with Crippen molar-refractivity contribution < 1.29 is 9.53 Å². The van der Waals surface area contributed by atoms with E-state index in [-0.39, 0.29) is 11.9 Å². The van der Waals surface area contributed by atoms with Crippen LogP contribution in [-0.4, -0.2) is 40.6 Å². The fraction of sp³-hybridized carbons (Fsp3) is 0.364. The van der Waals surface area contributed by atoms with Crippen LogP contribution in [0.25, 0.3) is 11.5 Å². The number of nitrogens with one attached hydrogen (secondary N) is 2. The van der Waals surface area contributed by atoms with Gasteiger partial charge in [0.05, 0.1) is 17.9 Å². The first-order chi connectivity index (χ1) is 8.22. The van der Waals surface area contributed by atoms with Crippen molar-refractivity contribution in [3.63, 3.8) is 0 Å². The van der Waals surface area contributed by atoms with Gasteiger partial charge in [-0.1, -0.05) is 0 Å². The fourth-order valence-electron chi connectivity index (χ4n) is 1.61. The Bertz CT molecular complexity index is 482. The van der Waals surface area contributed by atoms with Gasteiger partial charge in [0, 0.05) is 31.7 Å². The maximum atomic E-state index is 12.0. The second-order valence-corrected chi connectivity index (χ2v) is 3.79. The van der Waals surface area contributed by atoms with Crippen LogP contribution in [0.2, 0.25) is 0 Å². The Morgan fingerprint density at radius 2 is 2.41 bits per heavy atom. The number of methoxy groups -OCH3 is 1. The Balaban J connectivity index is 2.15. The van der Waals surface area contributed by atoms with E-state index in [4.69, 9.17) is 4.74 Å². The van der Waals surface area contributed by atoms with Crippen molar-refractivity contribution in [1.82, 2.24) is 20.3 Å². The van der Waals surface area contributed by atoms with Crippen LogP contribution >= 0.6 is 0 Å². The molecule has 2 aliphatic heterocycles. The van der Waals surface area contributed by atoms with Gasteiger partial charge in [0.15, 0.2) is 5.82 Å². The third-order valence-electron chi connectivity index (χ3n) is 2.35. The van der Waals surface area contributed by atoms with Crippen molar-refractivity contribution in [2.75, 3.05) is 13.7 Å².